The minimum atomic E-state index is 0.348. The fourth-order valence-electron chi connectivity index (χ4n) is 1.93. The zero-order valence-electron chi connectivity index (χ0n) is 10.8. The van der Waals surface area contributed by atoms with Gasteiger partial charge < -0.3 is 5.32 Å². The molecule has 0 aliphatic carbocycles. The highest BCUT2D eigenvalue weighted by atomic mass is 35.5. The lowest BCUT2D eigenvalue weighted by Gasteiger charge is -2.15. The molecule has 2 heteroatoms. The molecule has 0 aliphatic heterocycles. The van der Waals surface area contributed by atoms with Crippen molar-refractivity contribution in [3.05, 3.63) is 70.2 Å². The molecule has 1 atom stereocenters. The summed E-state index contributed by atoms with van der Waals surface area (Å²) in [5, 5.41) is 4.30. The van der Waals surface area contributed by atoms with Crippen molar-refractivity contribution < 1.29 is 0 Å². The summed E-state index contributed by atoms with van der Waals surface area (Å²) in [6, 6.07) is 16.9. The first-order valence-corrected chi connectivity index (χ1v) is 6.57. The van der Waals surface area contributed by atoms with Gasteiger partial charge in [-0.2, -0.15) is 0 Å². The summed E-state index contributed by atoms with van der Waals surface area (Å²) in [6.45, 7) is 5.16. The molecule has 0 saturated heterocycles. The van der Waals surface area contributed by atoms with Crippen LogP contribution in [0.1, 0.15) is 29.7 Å². The van der Waals surface area contributed by atoms with E-state index >= 15 is 0 Å². The van der Waals surface area contributed by atoms with E-state index in [1.165, 1.54) is 16.7 Å². The van der Waals surface area contributed by atoms with Crippen LogP contribution in [-0.4, -0.2) is 0 Å². The summed E-state index contributed by atoms with van der Waals surface area (Å²) in [5.41, 5.74) is 3.87. The maximum Gasteiger partial charge on any atom is 0.0406 e. The molecule has 1 N–H and O–H groups in total. The Balaban J connectivity index is 1.96. The molecule has 0 bridgehead atoms. The predicted octanol–water partition coefficient (Wildman–Crippen LogP) is 4.50. The van der Waals surface area contributed by atoms with Crippen LogP contribution >= 0.6 is 11.6 Å². The molecule has 18 heavy (non-hydrogen) atoms. The van der Waals surface area contributed by atoms with Gasteiger partial charge in [0.25, 0.3) is 0 Å². The largest absolute Gasteiger partial charge is 0.306 e. The van der Waals surface area contributed by atoms with Crippen molar-refractivity contribution in [3.8, 4) is 0 Å². The summed E-state index contributed by atoms with van der Waals surface area (Å²) in [5.74, 6) is 0. The molecule has 0 aliphatic rings. The van der Waals surface area contributed by atoms with Gasteiger partial charge in [0.05, 0.1) is 0 Å². The molecule has 2 aromatic rings. The lowest BCUT2D eigenvalue weighted by Crippen LogP contribution is -2.18. The SMILES string of the molecule is Cc1cccc([C@H](C)NCc2ccc(Cl)cc2)c1. The van der Waals surface area contributed by atoms with Gasteiger partial charge in [-0.3, -0.25) is 0 Å². The third kappa shape index (κ3) is 3.59. The minimum Gasteiger partial charge on any atom is -0.306 e. The first kappa shape index (κ1) is 13.1. The molecule has 0 saturated carbocycles. The molecule has 0 aromatic heterocycles. The van der Waals surface area contributed by atoms with Crippen molar-refractivity contribution in [1.29, 1.82) is 0 Å². The number of benzene rings is 2. The molecule has 0 fully saturated rings. The van der Waals surface area contributed by atoms with Crippen molar-refractivity contribution >= 4 is 11.6 Å². The van der Waals surface area contributed by atoms with Crippen LogP contribution in [0, 0.1) is 6.92 Å². The monoisotopic (exact) mass is 259 g/mol. The van der Waals surface area contributed by atoms with Gasteiger partial charge in [0.2, 0.25) is 0 Å². The van der Waals surface area contributed by atoms with Gasteiger partial charge >= 0.3 is 0 Å². The molecule has 0 spiro atoms. The van der Waals surface area contributed by atoms with Crippen LogP contribution in [0.15, 0.2) is 48.5 Å². The summed E-state index contributed by atoms with van der Waals surface area (Å²) in [7, 11) is 0. The van der Waals surface area contributed by atoms with E-state index in [2.05, 4.69) is 55.6 Å². The molecule has 0 unspecified atom stereocenters. The summed E-state index contributed by atoms with van der Waals surface area (Å²) >= 11 is 5.87. The number of rotatable bonds is 4. The fraction of sp³-hybridized carbons (Fsp3) is 0.250. The number of hydrogen-bond donors (Lipinski definition) is 1. The predicted molar refractivity (Wildman–Crippen MR) is 77.9 cm³/mol. The van der Waals surface area contributed by atoms with Crippen molar-refractivity contribution in [2.24, 2.45) is 0 Å². The second-order valence-electron chi connectivity index (χ2n) is 4.64. The van der Waals surface area contributed by atoms with Crippen LogP contribution in [0.25, 0.3) is 0 Å². The Bertz CT molecular complexity index is 505. The minimum absolute atomic E-state index is 0.348. The van der Waals surface area contributed by atoms with Crippen molar-refractivity contribution in [2.45, 2.75) is 26.4 Å². The van der Waals surface area contributed by atoms with E-state index in [4.69, 9.17) is 11.6 Å². The van der Waals surface area contributed by atoms with E-state index in [1.54, 1.807) is 0 Å². The molecule has 1 nitrogen and oxygen atoms in total. The Labute approximate surface area is 114 Å². The van der Waals surface area contributed by atoms with Crippen LogP contribution < -0.4 is 5.32 Å². The quantitative estimate of drug-likeness (QED) is 0.853. The maximum absolute atomic E-state index is 5.87. The normalized spacial score (nSPS) is 12.4. The molecule has 2 aromatic carbocycles. The lowest BCUT2D eigenvalue weighted by molar-refractivity contribution is 0.574. The van der Waals surface area contributed by atoms with E-state index in [1.807, 2.05) is 12.1 Å². The molecule has 94 valence electrons. The highest BCUT2D eigenvalue weighted by molar-refractivity contribution is 6.30. The van der Waals surface area contributed by atoms with E-state index < -0.39 is 0 Å². The van der Waals surface area contributed by atoms with Gasteiger partial charge in [0, 0.05) is 17.6 Å². The Morgan fingerprint density at radius 2 is 1.83 bits per heavy atom. The van der Waals surface area contributed by atoms with Crippen molar-refractivity contribution in [3.63, 3.8) is 0 Å². The maximum atomic E-state index is 5.87. The van der Waals surface area contributed by atoms with Gasteiger partial charge in [-0.1, -0.05) is 53.6 Å². The smallest absolute Gasteiger partial charge is 0.0406 e. The van der Waals surface area contributed by atoms with Crippen LogP contribution in [0.4, 0.5) is 0 Å². The van der Waals surface area contributed by atoms with E-state index in [9.17, 15) is 0 Å². The third-order valence-corrected chi connectivity index (χ3v) is 3.32. The van der Waals surface area contributed by atoms with Gasteiger partial charge in [0.15, 0.2) is 0 Å². The van der Waals surface area contributed by atoms with Gasteiger partial charge in [-0.15, -0.1) is 0 Å². The number of aryl methyl sites for hydroxylation is 1. The first-order valence-electron chi connectivity index (χ1n) is 6.19. The standard InChI is InChI=1S/C16H18ClN/c1-12-4-3-5-15(10-12)13(2)18-11-14-6-8-16(17)9-7-14/h3-10,13,18H,11H2,1-2H3/t13-/m0/s1. The first-order chi connectivity index (χ1) is 8.65. The fourth-order valence-corrected chi connectivity index (χ4v) is 2.06. The van der Waals surface area contributed by atoms with Gasteiger partial charge in [0.1, 0.15) is 0 Å². The number of hydrogen-bond acceptors (Lipinski definition) is 1. The molecule has 0 radical (unpaired) electrons. The molecular formula is C16H18ClN. The summed E-state index contributed by atoms with van der Waals surface area (Å²) in [6.07, 6.45) is 0. The summed E-state index contributed by atoms with van der Waals surface area (Å²) in [4.78, 5) is 0. The zero-order chi connectivity index (χ0) is 13.0. The molecular weight excluding hydrogens is 242 g/mol. The number of halogens is 1. The lowest BCUT2D eigenvalue weighted by atomic mass is 10.1. The van der Waals surface area contributed by atoms with Crippen LogP contribution in [-0.2, 0) is 6.54 Å². The Kier molecular flexibility index (Phi) is 4.40. The van der Waals surface area contributed by atoms with Gasteiger partial charge in [-0.25, -0.2) is 0 Å². The Morgan fingerprint density at radius 1 is 1.11 bits per heavy atom. The average molecular weight is 260 g/mol. The highest BCUT2D eigenvalue weighted by Gasteiger charge is 2.04. The van der Waals surface area contributed by atoms with Gasteiger partial charge in [-0.05, 0) is 37.1 Å². The molecule has 0 amide bonds. The second-order valence-corrected chi connectivity index (χ2v) is 5.08. The zero-order valence-corrected chi connectivity index (χ0v) is 11.5. The van der Waals surface area contributed by atoms with E-state index in [0.717, 1.165) is 11.6 Å². The number of nitrogens with one attached hydrogen (secondary N) is 1. The highest BCUT2D eigenvalue weighted by Crippen LogP contribution is 2.15. The van der Waals surface area contributed by atoms with Crippen LogP contribution in [0.5, 0.6) is 0 Å². The Morgan fingerprint density at radius 3 is 2.50 bits per heavy atom. The molecule has 0 heterocycles. The summed E-state index contributed by atoms with van der Waals surface area (Å²) < 4.78 is 0. The third-order valence-electron chi connectivity index (χ3n) is 3.07. The van der Waals surface area contributed by atoms with E-state index in [-0.39, 0.29) is 0 Å². The van der Waals surface area contributed by atoms with Crippen LogP contribution in [0.2, 0.25) is 5.02 Å². The topological polar surface area (TPSA) is 12.0 Å². The van der Waals surface area contributed by atoms with Crippen molar-refractivity contribution in [1.82, 2.24) is 5.32 Å². The van der Waals surface area contributed by atoms with Crippen LogP contribution in [0.3, 0.4) is 0 Å². The second kappa shape index (κ2) is 6.03. The average Bonchev–Trinajstić information content (AvgIpc) is 2.38. The molecule has 2 rings (SSSR count). The van der Waals surface area contributed by atoms with E-state index in [0.29, 0.717) is 6.04 Å². The van der Waals surface area contributed by atoms with Crippen molar-refractivity contribution in [2.75, 3.05) is 0 Å². The Hall–Kier alpha value is -1.31.